The van der Waals surface area contributed by atoms with Crippen LogP contribution in [0.2, 0.25) is 0 Å². The molecule has 0 bridgehead atoms. The lowest BCUT2D eigenvalue weighted by Crippen LogP contribution is -2.30. The summed E-state index contributed by atoms with van der Waals surface area (Å²) in [5, 5.41) is 0. The number of carbonyl (C=O) groups excluding carboxylic acids is 1. The van der Waals surface area contributed by atoms with Gasteiger partial charge in [-0.05, 0) is 55.7 Å². The number of hydrogen-bond acceptors (Lipinski definition) is 5. The molecule has 0 radical (unpaired) electrons. The molecule has 3 aromatic rings. The molecule has 0 fully saturated rings. The van der Waals surface area contributed by atoms with Crippen LogP contribution in [0.25, 0.3) is 11.0 Å². The van der Waals surface area contributed by atoms with Crippen LogP contribution in [-0.2, 0) is 19.4 Å². The van der Waals surface area contributed by atoms with Gasteiger partial charge in [-0.2, -0.15) is 0 Å². The number of nitrogens with zero attached hydrogens (tertiary/aromatic N) is 3. The average Bonchev–Trinajstić information content (AvgIpc) is 2.80. The molecule has 1 amide bonds. The van der Waals surface area contributed by atoms with Gasteiger partial charge in [-0.25, -0.2) is 9.97 Å². The molecule has 0 N–H and O–H groups in total. The van der Waals surface area contributed by atoms with Crippen molar-refractivity contribution in [3.63, 3.8) is 0 Å². The number of hydrogen-bond donors (Lipinski definition) is 0. The lowest BCUT2D eigenvalue weighted by molar-refractivity contribution is 0.0752. The summed E-state index contributed by atoms with van der Waals surface area (Å²) in [6.45, 7) is 7.20. The Morgan fingerprint density at radius 3 is 2.13 bits per heavy atom. The fourth-order valence-electron chi connectivity index (χ4n) is 3.54. The Morgan fingerprint density at radius 1 is 0.867 bits per heavy atom. The standard InChI is InChI=1S/C24H29N3O3/c1-6-18-19(7-2)26-21-14-17(10-11-20(21)25-18)24(28)27(8-3)15-16-9-12-22(29-4)23(13-16)30-5/h9-14H,6-8,15H2,1-5H3. The highest BCUT2D eigenvalue weighted by atomic mass is 16.5. The maximum absolute atomic E-state index is 13.2. The van der Waals surface area contributed by atoms with Crippen LogP contribution in [0.15, 0.2) is 36.4 Å². The Labute approximate surface area is 177 Å². The van der Waals surface area contributed by atoms with Gasteiger partial charge < -0.3 is 14.4 Å². The SMILES string of the molecule is CCc1nc2ccc(C(=O)N(CC)Cc3ccc(OC)c(OC)c3)cc2nc1CC. The maximum atomic E-state index is 13.2. The van der Waals surface area contributed by atoms with E-state index in [2.05, 4.69) is 13.8 Å². The molecule has 158 valence electrons. The van der Waals surface area contributed by atoms with Gasteiger partial charge in [-0.1, -0.05) is 19.9 Å². The van der Waals surface area contributed by atoms with Gasteiger partial charge in [0.1, 0.15) is 0 Å². The van der Waals surface area contributed by atoms with Crippen molar-refractivity contribution in [2.75, 3.05) is 20.8 Å². The number of aryl methyl sites for hydroxylation is 2. The number of carbonyl (C=O) groups is 1. The molecule has 1 aromatic heterocycles. The first-order chi connectivity index (χ1) is 14.5. The van der Waals surface area contributed by atoms with E-state index in [0.717, 1.165) is 40.8 Å². The van der Waals surface area contributed by atoms with Gasteiger partial charge >= 0.3 is 0 Å². The molecular weight excluding hydrogens is 378 g/mol. The van der Waals surface area contributed by atoms with Crippen molar-refractivity contribution in [2.24, 2.45) is 0 Å². The third kappa shape index (κ3) is 4.37. The molecule has 0 aliphatic carbocycles. The van der Waals surface area contributed by atoms with Crippen molar-refractivity contribution in [3.8, 4) is 11.5 Å². The van der Waals surface area contributed by atoms with Crippen LogP contribution >= 0.6 is 0 Å². The van der Waals surface area contributed by atoms with E-state index in [9.17, 15) is 4.79 Å². The average molecular weight is 408 g/mol. The van der Waals surface area contributed by atoms with E-state index in [1.54, 1.807) is 19.1 Å². The number of rotatable bonds is 8. The highest BCUT2D eigenvalue weighted by Gasteiger charge is 2.17. The zero-order valence-corrected chi connectivity index (χ0v) is 18.4. The van der Waals surface area contributed by atoms with E-state index < -0.39 is 0 Å². The third-order valence-electron chi connectivity index (χ3n) is 5.23. The van der Waals surface area contributed by atoms with Crippen LogP contribution in [0, 0.1) is 0 Å². The van der Waals surface area contributed by atoms with E-state index >= 15 is 0 Å². The van der Waals surface area contributed by atoms with Crippen molar-refractivity contribution in [1.82, 2.24) is 14.9 Å². The Morgan fingerprint density at radius 2 is 1.53 bits per heavy atom. The van der Waals surface area contributed by atoms with Gasteiger partial charge in [0.15, 0.2) is 11.5 Å². The zero-order chi connectivity index (χ0) is 21.7. The summed E-state index contributed by atoms with van der Waals surface area (Å²) in [7, 11) is 3.21. The van der Waals surface area contributed by atoms with Crippen molar-refractivity contribution in [2.45, 2.75) is 40.2 Å². The van der Waals surface area contributed by atoms with Crippen LogP contribution in [0.5, 0.6) is 11.5 Å². The summed E-state index contributed by atoms with van der Waals surface area (Å²) in [5.41, 5.74) is 5.19. The molecule has 2 aromatic carbocycles. The van der Waals surface area contributed by atoms with Crippen LogP contribution in [-0.4, -0.2) is 41.5 Å². The largest absolute Gasteiger partial charge is 0.493 e. The van der Waals surface area contributed by atoms with Gasteiger partial charge in [-0.15, -0.1) is 0 Å². The lowest BCUT2D eigenvalue weighted by atomic mass is 10.1. The Balaban J connectivity index is 1.88. The van der Waals surface area contributed by atoms with Gasteiger partial charge in [-0.3, -0.25) is 4.79 Å². The smallest absolute Gasteiger partial charge is 0.254 e. The van der Waals surface area contributed by atoms with Crippen molar-refractivity contribution < 1.29 is 14.3 Å². The second-order valence-electron chi connectivity index (χ2n) is 7.04. The molecule has 0 aliphatic heterocycles. The molecule has 0 saturated carbocycles. The van der Waals surface area contributed by atoms with E-state index in [1.165, 1.54) is 0 Å². The second kappa shape index (κ2) is 9.57. The minimum atomic E-state index is -0.0337. The van der Waals surface area contributed by atoms with E-state index in [1.807, 2.05) is 43.3 Å². The molecule has 6 heteroatoms. The van der Waals surface area contributed by atoms with Crippen molar-refractivity contribution in [3.05, 3.63) is 58.9 Å². The summed E-state index contributed by atoms with van der Waals surface area (Å²) in [6, 6.07) is 11.3. The summed E-state index contributed by atoms with van der Waals surface area (Å²) < 4.78 is 10.7. The minimum absolute atomic E-state index is 0.0337. The molecule has 0 unspecified atom stereocenters. The lowest BCUT2D eigenvalue weighted by Gasteiger charge is -2.22. The second-order valence-corrected chi connectivity index (χ2v) is 7.04. The fourth-order valence-corrected chi connectivity index (χ4v) is 3.54. The Bertz CT molecular complexity index is 1050. The topological polar surface area (TPSA) is 64.6 Å². The molecule has 6 nitrogen and oxygen atoms in total. The van der Waals surface area contributed by atoms with Crippen LogP contribution < -0.4 is 9.47 Å². The normalized spacial score (nSPS) is 10.8. The van der Waals surface area contributed by atoms with Gasteiger partial charge in [0.25, 0.3) is 5.91 Å². The third-order valence-corrected chi connectivity index (χ3v) is 5.23. The zero-order valence-electron chi connectivity index (χ0n) is 18.4. The fraction of sp³-hybridized carbons (Fsp3) is 0.375. The molecule has 0 spiro atoms. The maximum Gasteiger partial charge on any atom is 0.254 e. The number of amides is 1. The molecule has 1 heterocycles. The first-order valence-corrected chi connectivity index (χ1v) is 10.3. The number of benzene rings is 2. The highest BCUT2D eigenvalue weighted by molar-refractivity contribution is 5.97. The van der Waals surface area contributed by atoms with E-state index in [0.29, 0.717) is 30.2 Å². The van der Waals surface area contributed by atoms with E-state index in [4.69, 9.17) is 19.4 Å². The summed E-state index contributed by atoms with van der Waals surface area (Å²) in [5.74, 6) is 1.29. The molecular formula is C24H29N3O3. The number of aromatic nitrogens is 2. The molecule has 3 rings (SSSR count). The highest BCUT2D eigenvalue weighted by Crippen LogP contribution is 2.28. The predicted octanol–water partition coefficient (Wildman–Crippen LogP) is 4.43. The van der Waals surface area contributed by atoms with Gasteiger partial charge in [0.05, 0.1) is 36.6 Å². The molecule has 0 saturated heterocycles. The first kappa shape index (κ1) is 21.6. The quantitative estimate of drug-likeness (QED) is 0.553. The van der Waals surface area contributed by atoms with Gasteiger partial charge in [0.2, 0.25) is 0 Å². The summed E-state index contributed by atoms with van der Waals surface area (Å²) in [6.07, 6.45) is 1.67. The summed E-state index contributed by atoms with van der Waals surface area (Å²) in [4.78, 5) is 24.5. The number of fused-ring (bicyclic) bond motifs is 1. The Kier molecular flexibility index (Phi) is 6.87. The molecule has 30 heavy (non-hydrogen) atoms. The number of methoxy groups -OCH3 is 2. The van der Waals surface area contributed by atoms with Crippen LogP contribution in [0.1, 0.15) is 48.1 Å². The molecule has 0 atom stereocenters. The van der Waals surface area contributed by atoms with Crippen molar-refractivity contribution in [1.29, 1.82) is 0 Å². The predicted molar refractivity (Wildman–Crippen MR) is 118 cm³/mol. The van der Waals surface area contributed by atoms with Crippen LogP contribution in [0.3, 0.4) is 0 Å². The monoisotopic (exact) mass is 407 g/mol. The van der Waals surface area contributed by atoms with Crippen LogP contribution in [0.4, 0.5) is 0 Å². The van der Waals surface area contributed by atoms with E-state index in [-0.39, 0.29) is 5.91 Å². The Hall–Kier alpha value is -3.15. The summed E-state index contributed by atoms with van der Waals surface area (Å²) >= 11 is 0. The molecule has 0 aliphatic rings. The number of ether oxygens (including phenoxy) is 2. The van der Waals surface area contributed by atoms with Gasteiger partial charge in [0, 0.05) is 18.7 Å². The van der Waals surface area contributed by atoms with Crippen molar-refractivity contribution >= 4 is 16.9 Å². The minimum Gasteiger partial charge on any atom is -0.493 e. The first-order valence-electron chi connectivity index (χ1n) is 10.3.